The lowest BCUT2D eigenvalue weighted by atomic mass is 9.54. The summed E-state index contributed by atoms with van der Waals surface area (Å²) in [7, 11) is 0. The van der Waals surface area contributed by atoms with E-state index >= 15 is 0 Å². The van der Waals surface area contributed by atoms with Crippen LogP contribution < -0.4 is 0 Å². The van der Waals surface area contributed by atoms with Crippen LogP contribution in [0, 0.1) is 17.3 Å². The smallest absolute Gasteiger partial charge is 0.315 e. The van der Waals surface area contributed by atoms with Gasteiger partial charge in [0.05, 0.1) is 28.6 Å². The van der Waals surface area contributed by atoms with Gasteiger partial charge in [-0.3, -0.25) is 9.59 Å². The molecule has 186 valence electrons. The molecule has 0 aliphatic carbocycles. The third kappa shape index (κ3) is 7.93. The summed E-state index contributed by atoms with van der Waals surface area (Å²) >= 11 is 0. The molecule has 0 spiro atoms. The number of hydrogen-bond acceptors (Lipinski definition) is 6. The third-order valence-corrected chi connectivity index (χ3v) is 5.37. The zero-order chi connectivity index (χ0) is 25.8. The van der Waals surface area contributed by atoms with Crippen molar-refractivity contribution >= 4 is 11.9 Å². The van der Waals surface area contributed by atoms with Gasteiger partial charge in [-0.25, -0.2) is 0 Å². The Morgan fingerprint density at radius 1 is 0.656 bits per heavy atom. The van der Waals surface area contributed by atoms with Crippen molar-refractivity contribution in [2.75, 3.05) is 0 Å². The van der Waals surface area contributed by atoms with Crippen LogP contribution in [0.25, 0.3) is 0 Å². The molecule has 2 N–H and O–H groups in total. The Hall–Kier alpha value is -1.86. The molecule has 0 aliphatic rings. The molecule has 32 heavy (non-hydrogen) atoms. The molecular weight excluding hydrogens is 408 g/mol. The standard InChI is InChI=1S/C24H46N4O4/c1-16(2)13-22(11,27-25-20(5,6)7)24(19(31)32,15-18(29)30)23(12,14-17(3)4)28-26-21(8,9)10/h16-17H,13-15H2,1-12H3,(H,29,30)(H,31,32). The lowest BCUT2D eigenvalue weighted by Gasteiger charge is -2.51. The van der Waals surface area contributed by atoms with E-state index in [1.54, 1.807) is 13.8 Å². The number of rotatable bonds is 11. The molecule has 0 aliphatic heterocycles. The Balaban J connectivity index is 7.51. The minimum absolute atomic E-state index is 0.0503. The van der Waals surface area contributed by atoms with Gasteiger partial charge in [-0.2, -0.15) is 20.5 Å². The number of carboxylic acids is 2. The van der Waals surface area contributed by atoms with Crippen molar-refractivity contribution in [2.24, 2.45) is 37.7 Å². The van der Waals surface area contributed by atoms with Crippen molar-refractivity contribution in [1.29, 1.82) is 0 Å². The van der Waals surface area contributed by atoms with Crippen LogP contribution in [0.15, 0.2) is 20.5 Å². The number of azo groups is 2. The van der Waals surface area contributed by atoms with Gasteiger partial charge in [-0.1, -0.05) is 27.7 Å². The molecule has 0 radical (unpaired) electrons. The Kier molecular flexibility index (Phi) is 9.78. The second kappa shape index (κ2) is 10.4. The van der Waals surface area contributed by atoms with E-state index in [1.165, 1.54) is 0 Å². The van der Waals surface area contributed by atoms with Crippen LogP contribution in [0.1, 0.15) is 102 Å². The van der Waals surface area contributed by atoms with E-state index in [2.05, 4.69) is 20.5 Å². The van der Waals surface area contributed by atoms with Gasteiger partial charge >= 0.3 is 11.9 Å². The largest absolute Gasteiger partial charge is 0.481 e. The predicted molar refractivity (Wildman–Crippen MR) is 127 cm³/mol. The van der Waals surface area contributed by atoms with Crippen molar-refractivity contribution in [2.45, 2.75) is 125 Å². The third-order valence-electron chi connectivity index (χ3n) is 5.37. The van der Waals surface area contributed by atoms with Crippen LogP contribution in [0.2, 0.25) is 0 Å². The van der Waals surface area contributed by atoms with Crippen LogP contribution in [-0.2, 0) is 9.59 Å². The summed E-state index contributed by atoms with van der Waals surface area (Å²) in [5.41, 5.74) is -5.64. The fraction of sp³-hybridized carbons (Fsp3) is 0.917. The normalized spacial score (nSPS) is 19.3. The zero-order valence-electron chi connectivity index (χ0n) is 22.3. The molecule has 0 heterocycles. The van der Waals surface area contributed by atoms with Crippen molar-refractivity contribution in [1.82, 2.24) is 0 Å². The van der Waals surface area contributed by atoms with Crippen molar-refractivity contribution in [3.8, 4) is 0 Å². The molecule has 8 nitrogen and oxygen atoms in total. The molecule has 0 aromatic rings. The Morgan fingerprint density at radius 3 is 1.16 bits per heavy atom. The van der Waals surface area contributed by atoms with Gasteiger partial charge in [-0.05, 0) is 80.1 Å². The quantitative estimate of drug-likeness (QED) is 0.339. The average Bonchev–Trinajstić information content (AvgIpc) is 2.53. The number of carboxylic acid groups (broad SMARTS) is 2. The van der Waals surface area contributed by atoms with Gasteiger partial charge in [0.15, 0.2) is 0 Å². The summed E-state index contributed by atoms with van der Waals surface area (Å²) in [6.07, 6.45) is 0.0386. The Bertz CT molecular complexity index is 672. The molecule has 0 amide bonds. The predicted octanol–water partition coefficient (Wildman–Crippen LogP) is 6.64. The molecule has 2 atom stereocenters. The fourth-order valence-electron chi connectivity index (χ4n) is 4.44. The molecule has 0 aromatic heterocycles. The summed E-state index contributed by atoms with van der Waals surface area (Å²) in [6.45, 7) is 22.5. The first-order chi connectivity index (χ1) is 14.1. The van der Waals surface area contributed by atoms with Crippen molar-refractivity contribution < 1.29 is 19.8 Å². The van der Waals surface area contributed by atoms with E-state index in [1.807, 2.05) is 69.2 Å². The highest BCUT2D eigenvalue weighted by Gasteiger charge is 2.67. The minimum atomic E-state index is -1.87. The second-order valence-electron chi connectivity index (χ2n) is 12.3. The lowest BCUT2D eigenvalue weighted by Crippen LogP contribution is -2.64. The van der Waals surface area contributed by atoms with E-state index in [-0.39, 0.29) is 11.8 Å². The van der Waals surface area contributed by atoms with Gasteiger partial charge in [0.25, 0.3) is 0 Å². The van der Waals surface area contributed by atoms with Crippen LogP contribution in [0.3, 0.4) is 0 Å². The van der Waals surface area contributed by atoms with Crippen molar-refractivity contribution in [3.05, 3.63) is 0 Å². The summed E-state index contributed by atoms with van der Waals surface area (Å²) in [5, 5.41) is 38.8. The van der Waals surface area contributed by atoms with Crippen LogP contribution in [0.4, 0.5) is 0 Å². The maximum atomic E-state index is 13.2. The van der Waals surface area contributed by atoms with Gasteiger partial charge in [0, 0.05) is 0 Å². The highest BCUT2D eigenvalue weighted by Crippen LogP contribution is 2.54. The van der Waals surface area contributed by atoms with Gasteiger partial charge in [0.1, 0.15) is 5.41 Å². The summed E-state index contributed by atoms with van der Waals surface area (Å²) in [4.78, 5) is 25.4. The molecule has 0 rings (SSSR count). The number of carbonyl (C=O) groups is 2. The first-order valence-corrected chi connectivity index (χ1v) is 11.4. The number of hydrogen-bond donors (Lipinski definition) is 2. The molecule has 0 saturated heterocycles. The molecular formula is C24H46N4O4. The second-order valence-corrected chi connectivity index (χ2v) is 12.3. The highest BCUT2D eigenvalue weighted by molar-refractivity contribution is 5.85. The zero-order valence-corrected chi connectivity index (χ0v) is 22.3. The number of aliphatic carboxylic acids is 2. The van der Waals surface area contributed by atoms with Gasteiger partial charge in [0.2, 0.25) is 0 Å². The monoisotopic (exact) mass is 454 g/mol. The summed E-state index contributed by atoms with van der Waals surface area (Å²) in [5.74, 6) is -2.36. The maximum Gasteiger partial charge on any atom is 0.315 e. The van der Waals surface area contributed by atoms with Crippen molar-refractivity contribution in [3.63, 3.8) is 0 Å². The van der Waals surface area contributed by atoms with Crippen LogP contribution in [-0.4, -0.2) is 44.3 Å². The maximum absolute atomic E-state index is 13.2. The van der Waals surface area contributed by atoms with E-state index in [0.29, 0.717) is 12.8 Å². The molecule has 0 fully saturated rings. The SMILES string of the molecule is CC(C)CC(C)(N=NC(C)(C)C)C(CC(=O)O)(C(=O)O)C(C)(CC(C)C)N=NC(C)(C)C. The van der Waals surface area contributed by atoms with E-state index in [0.717, 1.165) is 0 Å². The number of nitrogens with zero attached hydrogens (tertiary/aromatic N) is 4. The Labute approximate surface area is 194 Å². The van der Waals surface area contributed by atoms with E-state index in [9.17, 15) is 19.8 Å². The van der Waals surface area contributed by atoms with Crippen LogP contribution >= 0.6 is 0 Å². The van der Waals surface area contributed by atoms with Gasteiger partial charge < -0.3 is 10.2 Å². The first-order valence-electron chi connectivity index (χ1n) is 11.4. The molecule has 0 saturated carbocycles. The molecule has 0 bridgehead atoms. The minimum Gasteiger partial charge on any atom is -0.481 e. The lowest BCUT2D eigenvalue weighted by molar-refractivity contribution is -0.169. The summed E-state index contributed by atoms with van der Waals surface area (Å²) in [6, 6.07) is 0. The Morgan fingerprint density at radius 2 is 0.969 bits per heavy atom. The summed E-state index contributed by atoms with van der Waals surface area (Å²) < 4.78 is 0. The first kappa shape index (κ1) is 30.1. The van der Waals surface area contributed by atoms with Crippen LogP contribution in [0.5, 0.6) is 0 Å². The fourth-order valence-corrected chi connectivity index (χ4v) is 4.44. The molecule has 0 aromatic carbocycles. The highest BCUT2D eigenvalue weighted by atomic mass is 16.4. The molecule has 2 unspecified atom stereocenters. The molecule has 8 heteroatoms. The topological polar surface area (TPSA) is 124 Å². The average molecular weight is 455 g/mol. The van der Waals surface area contributed by atoms with E-state index in [4.69, 9.17) is 0 Å². The van der Waals surface area contributed by atoms with E-state index < -0.39 is 45.9 Å². The van der Waals surface area contributed by atoms with Gasteiger partial charge in [-0.15, -0.1) is 0 Å².